The Hall–Kier alpha value is -3.79. The molecule has 0 aliphatic carbocycles. The van der Waals surface area contributed by atoms with Crippen molar-refractivity contribution >= 4 is 22.8 Å². The molecule has 2 aromatic heterocycles. The molecule has 0 fully saturated rings. The number of aliphatic hydroxyl groups is 1. The molecule has 2 heterocycles. The summed E-state index contributed by atoms with van der Waals surface area (Å²) < 4.78 is 14.3. The number of aromatic nitrogens is 2. The van der Waals surface area contributed by atoms with Gasteiger partial charge < -0.3 is 20.4 Å². The number of nitrogens with zero attached hydrogens (tertiary/aromatic N) is 3. The lowest BCUT2D eigenvalue weighted by molar-refractivity contribution is -0.129. The molecule has 3 N–H and O–H groups in total. The highest BCUT2D eigenvalue weighted by Gasteiger charge is 2.25. The van der Waals surface area contributed by atoms with Crippen molar-refractivity contribution in [2.75, 3.05) is 20.7 Å². The zero-order valence-electron chi connectivity index (χ0n) is 18.5. The molecule has 3 rings (SSSR count). The molecular weight excluding hydrogens is 431 g/mol. The Morgan fingerprint density at radius 3 is 2.48 bits per heavy atom. The average Bonchev–Trinajstić information content (AvgIpc) is 2.77. The van der Waals surface area contributed by atoms with Gasteiger partial charge in [0.05, 0.1) is 12.1 Å². The van der Waals surface area contributed by atoms with Crippen molar-refractivity contribution in [1.29, 1.82) is 0 Å². The quantitative estimate of drug-likeness (QED) is 0.488. The first-order valence-corrected chi connectivity index (χ1v) is 10.2. The number of benzene rings is 1. The SMILES string of the molecule is C[C@H](CO)NC(=O)c1c(O)c2ncc(Cc3ccc(F)cc3)cc2n(CC(=O)N(C)C)c1=O. The molecule has 10 heteroatoms. The van der Waals surface area contributed by atoms with Crippen molar-refractivity contribution < 1.29 is 24.2 Å². The van der Waals surface area contributed by atoms with Crippen LogP contribution in [0.25, 0.3) is 11.0 Å². The third kappa shape index (κ3) is 5.17. The van der Waals surface area contributed by atoms with Gasteiger partial charge in [-0.2, -0.15) is 0 Å². The summed E-state index contributed by atoms with van der Waals surface area (Å²) in [6, 6.07) is 6.85. The van der Waals surface area contributed by atoms with Crippen molar-refractivity contribution in [2.24, 2.45) is 0 Å². The van der Waals surface area contributed by atoms with E-state index in [2.05, 4.69) is 10.3 Å². The molecule has 0 spiro atoms. The van der Waals surface area contributed by atoms with Crippen LogP contribution in [-0.4, -0.2) is 63.2 Å². The number of amides is 2. The summed E-state index contributed by atoms with van der Waals surface area (Å²) in [6.07, 6.45) is 1.85. The predicted octanol–water partition coefficient (Wildman–Crippen LogP) is 1.03. The van der Waals surface area contributed by atoms with E-state index < -0.39 is 34.7 Å². The predicted molar refractivity (Wildman–Crippen MR) is 120 cm³/mol. The van der Waals surface area contributed by atoms with Gasteiger partial charge in [0.15, 0.2) is 5.75 Å². The van der Waals surface area contributed by atoms with Crippen LogP contribution < -0.4 is 10.9 Å². The number of aromatic hydroxyl groups is 1. The highest BCUT2D eigenvalue weighted by molar-refractivity contribution is 6.01. The van der Waals surface area contributed by atoms with E-state index in [1.165, 1.54) is 44.2 Å². The molecule has 2 amide bonds. The minimum absolute atomic E-state index is 0.0224. The number of halogens is 1. The Morgan fingerprint density at radius 1 is 1.21 bits per heavy atom. The molecule has 0 aliphatic heterocycles. The van der Waals surface area contributed by atoms with E-state index in [0.29, 0.717) is 12.0 Å². The van der Waals surface area contributed by atoms with Gasteiger partial charge >= 0.3 is 0 Å². The lowest BCUT2D eigenvalue weighted by Crippen LogP contribution is -2.40. The second-order valence-corrected chi connectivity index (χ2v) is 7.97. The largest absolute Gasteiger partial charge is 0.505 e. The van der Waals surface area contributed by atoms with Crippen LogP contribution >= 0.6 is 0 Å². The van der Waals surface area contributed by atoms with E-state index >= 15 is 0 Å². The summed E-state index contributed by atoms with van der Waals surface area (Å²) in [7, 11) is 3.06. The van der Waals surface area contributed by atoms with Crippen LogP contribution in [0.4, 0.5) is 4.39 Å². The zero-order chi connectivity index (χ0) is 24.3. The number of hydrogen-bond acceptors (Lipinski definition) is 6. The molecule has 174 valence electrons. The second kappa shape index (κ2) is 9.78. The summed E-state index contributed by atoms with van der Waals surface area (Å²) in [5.41, 5.74) is 0.190. The molecule has 0 saturated heterocycles. The maximum absolute atomic E-state index is 13.2. The molecule has 1 atom stereocenters. The fourth-order valence-corrected chi connectivity index (χ4v) is 3.26. The fourth-order valence-electron chi connectivity index (χ4n) is 3.26. The third-order valence-corrected chi connectivity index (χ3v) is 5.13. The number of aliphatic hydroxyl groups excluding tert-OH is 1. The molecule has 0 unspecified atom stereocenters. The molecule has 0 bridgehead atoms. The van der Waals surface area contributed by atoms with Gasteiger partial charge in [0, 0.05) is 26.3 Å². The van der Waals surface area contributed by atoms with Crippen LogP contribution in [-0.2, 0) is 17.8 Å². The number of pyridine rings is 2. The number of carbonyl (C=O) groups is 2. The summed E-state index contributed by atoms with van der Waals surface area (Å²) in [4.78, 5) is 43.9. The van der Waals surface area contributed by atoms with Gasteiger partial charge in [0.2, 0.25) is 5.91 Å². The first-order chi connectivity index (χ1) is 15.6. The molecule has 0 radical (unpaired) electrons. The highest BCUT2D eigenvalue weighted by Crippen LogP contribution is 2.26. The van der Waals surface area contributed by atoms with Crippen LogP contribution in [0.15, 0.2) is 41.3 Å². The van der Waals surface area contributed by atoms with E-state index in [9.17, 15) is 29.0 Å². The first-order valence-electron chi connectivity index (χ1n) is 10.2. The standard InChI is InChI=1S/C23H25FN4O5/c1-13(12-29)26-22(32)19-21(31)20-17(28(23(19)33)11-18(30)27(2)3)9-15(10-25-20)8-14-4-6-16(24)7-5-14/h4-7,9-10,13,29,31H,8,11-12H2,1-3H3,(H,26,32)/t13-/m1/s1. The molecule has 1 aromatic carbocycles. The van der Waals surface area contributed by atoms with E-state index in [0.717, 1.165) is 10.1 Å². The number of likely N-dealkylation sites (N-methyl/N-ethyl adjacent to an activating group) is 1. The van der Waals surface area contributed by atoms with Gasteiger partial charge in [-0.05, 0) is 42.7 Å². The number of fused-ring (bicyclic) bond motifs is 1. The number of hydrogen-bond donors (Lipinski definition) is 3. The van der Waals surface area contributed by atoms with Gasteiger partial charge in [-0.3, -0.25) is 23.9 Å². The van der Waals surface area contributed by atoms with Crippen molar-refractivity contribution in [1.82, 2.24) is 19.8 Å². The van der Waals surface area contributed by atoms with Crippen molar-refractivity contribution in [2.45, 2.75) is 25.9 Å². The Labute approximate surface area is 189 Å². The van der Waals surface area contributed by atoms with Crippen LogP contribution in [0.3, 0.4) is 0 Å². The van der Waals surface area contributed by atoms with Crippen LogP contribution in [0.2, 0.25) is 0 Å². The maximum atomic E-state index is 13.2. The number of nitrogens with one attached hydrogen (secondary N) is 1. The average molecular weight is 456 g/mol. The molecule has 33 heavy (non-hydrogen) atoms. The fraction of sp³-hybridized carbons (Fsp3) is 0.304. The summed E-state index contributed by atoms with van der Waals surface area (Å²) >= 11 is 0. The minimum Gasteiger partial charge on any atom is -0.505 e. The monoisotopic (exact) mass is 456 g/mol. The van der Waals surface area contributed by atoms with Gasteiger partial charge in [0.1, 0.15) is 23.4 Å². The van der Waals surface area contributed by atoms with E-state index in [-0.39, 0.29) is 30.0 Å². The zero-order valence-corrected chi connectivity index (χ0v) is 18.5. The summed E-state index contributed by atoms with van der Waals surface area (Å²) in [5, 5.41) is 22.4. The maximum Gasteiger partial charge on any atom is 0.268 e. The van der Waals surface area contributed by atoms with Gasteiger partial charge in [-0.15, -0.1) is 0 Å². The van der Waals surface area contributed by atoms with Crippen molar-refractivity contribution in [3.05, 3.63) is 69.4 Å². The van der Waals surface area contributed by atoms with Crippen LogP contribution in [0.5, 0.6) is 5.75 Å². The van der Waals surface area contributed by atoms with Crippen molar-refractivity contribution in [3.63, 3.8) is 0 Å². The van der Waals surface area contributed by atoms with E-state index in [4.69, 9.17) is 0 Å². The lowest BCUT2D eigenvalue weighted by atomic mass is 10.1. The molecule has 9 nitrogen and oxygen atoms in total. The minimum atomic E-state index is -0.885. The smallest absolute Gasteiger partial charge is 0.268 e. The number of rotatable bonds is 7. The summed E-state index contributed by atoms with van der Waals surface area (Å²) in [5.74, 6) is -2.26. The van der Waals surface area contributed by atoms with Crippen molar-refractivity contribution in [3.8, 4) is 5.75 Å². The molecule has 3 aromatic rings. The molecule has 0 saturated carbocycles. The van der Waals surface area contributed by atoms with Crippen LogP contribution in [0.1, 0.15) is 28.4 Å². The van der Waals surface area contributed by atoms with Gasteiger partial charge in [0.25, 0.3) is 11.5 Å². The summed E-state index contributed by atoms with van der Waals surface area (Å²) in [6.45, 7) is 0.794. The normalized spacial score (nSPS) is 11.9. The second-order valence-electron chi connectivity index (χ2n) is 7.97. The Morgan fingerprint density at radius 2 is 1.88 bits per heavy atom. The highest BCUT2D eigenvalue weighted by atomic mass is 19.1. The topological polar surface area (TPSA) is 125 Å². The van der Waals surface area contributed by atoms with Gasteiger partial charge in [-0.25, -0.2) is 4.39 Å². The number of carbonyl (C=O) groups excluding carboxylic acids is 2. The van der Waals surface area contributed by atoms with E-state index in [1.54, 1.807) is 18.2 Å². The van der Waals surface area contributed by atoms with E-state index in [1.807, 2.05) is 0 Å². The Balaban J connectivity index is 2.17. The lowest BCUT2D eigenvalue weighted by Gasteiger charge is -2.18. The van der Waals surface area contributed by atoms with Gasteiger partial charge in [-0.1, -0.05) is 12.1 Å². The van der Waals surface area contributed by atoms with Crippen LogP contribution in [0, 0.1) is 5.82 Å². The molecule has 0 aliphatic rings. The Kier molecular flexibility index (Phi) is 7.07. The first kappa shape index (κ1) is 23.9. The Bertz CT molecular complexity index is 1250. The third-order valence-electron chi connectivity index (χ3n) is 5.13. The molecular formula is C23H25FN4O5.